The molecule has 0 spiro atoms. The van der Waals surface area contributed by atoms with Gasteiger partial charge in [-0.1, -0.05) is 23.7 Å². The van der Waals surface area contributed by atoms with E-state index in [9.17, 15) is 15.8 Å². The minimum atomic E-state index is -1.66. The first-order valence-electron chi connectivity index (χ1n) is 9.00. The van der Waals surface area contributed by atoms with Crippen molar-refractivity contribution in [3.05, 3.63) is 46.5 Å². The SMILES string of the molecule is CC(C)[NH+]1CC=C2C(C#N)C(=N)C(C#N)(C#N)[C@@H](c3ccc(Cl)cc3)[C@@H]2C1. The second kappa shape index (κ2) is 7.16. The van der Waals surface area contributed by atoms with E-state index in [4.69, 9.17) is 17.0 Å². The predicted octanol–water partition coefficient (Wildman–Crippen LogP) is 2.48. The maximum absolute atomic E-state index is 10.0. The van der Waals surface area contributed by atoms with Gasteiger partial charge in [-0.25, -0.2) is 0 Å². The fourth-order valence-electron chi connectivity index (χ4n) is 4.44. The Labute approximate surface area is 164 Å². The maximum atomic E-state index is 10.0. The standard InChI is InChI=1S/C21H20ClN5/c1-13(2)27-8-7-16-17(9-23)20(26)21(11-24,12-25)19(18(16)10-27)14-3-5-15(22)6-4-14/h3-7,13,17-19,26H,8,10H2,1-2H3/p+1/t17?,18-,19+/m1/s1. The third-order valence-electron chi connectivity index (χ3n) is 5.95. The molecule has 0 amide bonds. The van der Waals surface area contributed by atoms with E-state index in [1.54, 1.807) is 12.1 Å². The average Bonchev–Trinajstić information content (AvgIpc) is 2.67. The third kappa shape index (κ3) is 2.92. The summed E-state index contributed by atoms with van der Waals surface area (Å²) in [6, 6.07) is 13.9. The van der Waals surface area contributed by atoms with Gasteiger partial charge in [0, 0.05) is 16.9 Å². The van der Waals surface area contributed by atoms with Crippen LogP contribution in [0.1, 0.15) is 25.3 Å². The number of quaternary nitrogens is 1. The summed E-state index contributed by atoms with van der Waals surface area (Å²) >= 11 is 6.04. The van der Waals surface area contributed by atoms with Gasteiger partial charge in [0.25, 0.3) is 0 Å². The minimum absolute atomic E-state index is 0.106. The van der Waals surface area contributed by atoms with Gasteiger partial charge in [0.15, 0.2) is 5.41 Å². The van der Waals surface area contributed by atoms with Crippen molar-refractivity contribution in [2.24, 2.45) is 17.3 Å². The Morgan fingerprint density at radius 3 is 2.33 bits per heavy atom. The molecule has 0 saturated heterocycles. The number of nitrogens with zero attached hydrogens (tertiary/aromatic N) is 3. The second-order valence-electron chi connectivity index (χ2n) is 7.57. The van der Waals surface area contributed by atoms with Gasteiger partial charge in [-0.15, -0.1) is 0 Å². The van der Waals surface area contributed by atoms with Crippen LogP contribution in [0.2, 0.25) is 5.02 Å². The van der Waals surface area contributed by atoms with E-state index in [0.29, 0.717) is 11.1 Å². The lowest BCUT2D eigenvalue weighted by molar-refractivity contribution is -0.920. The van der Waals surface area contributed by atoms with Crippen molar-refractivity contribution in [1.82, 2.24) is 0 Å². The summed E-state index contributed by atoms with van der Waals surface area (Å²) in [7, 11) is 0. The van der Waals surface area contributed by atoms with Gasteiger partial charge in [-0.05, 0) is 43.2 Å². The van der Waals surface area contributed by atoms with Crippen molar-refractivity contribution in [1.29, 1.82) is 21.2 Å². The molecule has 1 aromatic rings. The monoisotopic (exact) mass is 378 g/mol. The number of hydrogen-bond acceptors (Lipinski definition) is 4. The molecular weight excluding hydrogens is 358 g/mol. The van der Waals surface area contributed by atoms with Crippen LogP contribution in [0.4, 0.5) is 0 Å². The van der Waals surface area contributed by atoms with Gasteiger partial charge >= 0.3 is 0 Å². The number of fused-ring (bicyclic) bond motifs is 1. The summed E-state index contributed by atoms with van der Waals surface area (Å²) in [4.78, 5) is 1.35. The zero-order chi connectivity index (χ0) is 19.8. The van der Waals surface area contributed by atoms with Crippen molar-refractivity contribution in [3.63, 3.8) is 0 Å². The number of nitrogens with one attached hydrogen (secondary N) is 2. The van der Waals surface area contributed by atoms with Crippen LogP contribution in [0, 0.1) is 56.7 Å². The Balaban J connectivity index is 2.23. The molecule has 0 radical (unpaired) electrons. The van der Waals surface area contributed by atoms with Gasteiger partial charge in [0.2, 0.25) is 0 Å². The van der Waals surface area contributed by atoms with Crippen molar-refractivity contribution in [2.45, 2.75) is 25.8 Å². The molecule has 1 aliphatic heterocycles. The first-order valence-corrected chi connectivity index (χ1v) is 9.38. The molecule has 5 nitrogen and oxygen atoms in total. The van der Waals surface area contributed by atoms with Crippen LogP contribution < -0.4 is 4.90 Å². The smallest absolute Gasteiger partial charge is 0.189 e. The minimum Gasteiger partial charge on any atom is -0.329 e. The molecular formula is C21H21ClN5+. The summed E-state index contributed by atoms with van der Waals surface area (Å²) in [5.41, 5.74) is -0.0710. The first kappa shape index (κ1) is 19.1. The Kier molecular flexibility index (Phi) is 5.07. The summed E-state index contributed by atoms with van der Waals surface area (Å²) in [5, 5.41) is 38.9. The molecule has 0 bridgehead atoms. The van der Waals surface area contributed by atoms with E-state index in [1.807, 2.05) is 18.2 Å². The van der Waals surface area contributed by atoms with E-state index >= 15 is 0 Å². The number of benzene rings is 1. The summed E-state index contributed by atoms with van der Waals surface area (Å²) in [6.07, 6.45) is 2.05. The highest BCUT2D eigenvalue weighted by atomic mass is 35.5. The van der Waals surface area contributed by atoms with E-state index in [2.05, 4.69) is 32.1 Å². The Morgan fingerprint density at radius 2 is 1.81 bits per heavy atom. The topological polar surface area (TPSA) is 99.7 Å². The average molecular weight is 379 g/mol. The first-order chi connectivity index (χ1) is 12.9. The highest BCUT2D eigenvalue weighted by Gasteiger charge is 2.58. The number of hydrogen-bond donors (Lipinski definition) is 2. The van der Waals surface area contributed by atoms with Crippen LogP contribution in [0.15, 0.2) is 35.9 Å². The molecule has 3 rings (SSSR count). The summed E-state index contributed by atoms with van der Waals surface area (Å²) in [5.74, 6) is -1.45. The lowest BCUT2D eigenvalue weighted by Gasteiger charge is -2.47. The molecule has 2 unspecified atom stereocenters. The molecule has 4 atom stereocenters. The van der Waals surface area contributed by atoms with Crippen LogP contribution in [0.25, 0.3) is 0 Å². The van der Waals surface area contributed by atoms with Gasteiger partial charge < -0.3 is 10.3 Å². The molecule has 2 aliphatic rings. The second-order valence-corrected chi connectivity index (χ2v) is 8.00. The molecule has 1 aromatic carbocycles. The molecule has 1 heterocycles. The number of rotatable bonds is 2. The predicted molar refractivity (Wildman–Crippen MR) is 102 cm³/mol. The molecule has 6 heteroatoms. The van der Waals surface area contributed by atoms with Crippen molar-refractivity contribution in [2.75, 3.05) is 13.1 Å². The van der Waals surface area contributed by atoms with Gasteiger partial charge in [-0.3, -0.25) is 0 Å². The zero-order valence-electron chi connectivity index (χ0n) is 15.3. The van der Waals surface area contributed by atoms with Gasteiger partial charge in [0.1, 0.15) is 5.92 Å². The number of nitriles is 3. The molecule has 2 N–H and O–H groups in total. The zero-order valence-corrected chi connectivity index (χ0v) is 16.1. The third-order valence-corrected chi connectivity index (χ3v) is 6.21. The van der Waals surface area contributed by atoms with E-state index in [1.165, 1.54) is 4.90 Å². The molecule has 27 heavy (non-hydrogen) atoms. The van der Waals surface area contributed by atoms with Crippen LogP contribution in [0.3, 0.4) is 0 Å². The largest absolute Gasteiger partial charge is 0.329 e. The normalized spacial score (nSPS) is 29.1. The van der Waals surface area contributed by atoms with Crippen molar-refractivity contribution >= 4 is 17.3 Å². The van der Waals surface area contributed by atoms with E-state index in [-0.39, 0.29) is 11.6 Å². The van der Waals surface area contributed by atoms with Crippen LogP contribution >= 0.6 is 11.6 Å². The van der Waals surface area contributed by atoms with Crippen LogP contribution in [0.5, 0.6) is 0 Å². The lowest BCUT2D eigenvalue weighted by atomic mass is 9.54. The quantitative estimate of drug-likeness (QED) is 0.773. The fraction of sp³-hybridized carbons (Fsp3) is 0.429. The molecule has 0 aromatic heterocycles. The lowest BCUT2D eigenvalue weighted by Crippen LogP contribution is -3.16. The van der Waals surface area contributed by atoms with E-state index < -0.39 is 17.3 Å². The van der Waals surface area contributed by atoms with Crippen molar-refractivity contribution < 1.29 is 4.90 Å². The molecule has 1 saturated carbocycles. The highest BCUT2D eigenvalue weighted by molar-refractivity contribution is 6.30. The summed E-state index contributed by atoms with van der Waals surface area (Å²) < 4.78 is 0. The van der Waals surface area contributed by atoms with E-state index in [0.717, 1.165) is 24.2 Å². The fourth-order valence-corrected chi connectivity index (χ4v) is 4.56. The van der Waals surface area contributed by atoms with Gasteiger partial charge in [0.05, 0.1) is 43.1 Å². The van der Waals surface area contributed by atoms with Crippen molar-refractivity contribution in [3.8, 4) is 18.2 Å². The Morgan fingerprint density at radius 1 is 1.19 bits per heavy atom. The van der Waals surface area contributed by atoms with Crippen LogP contribution in [-0.4, -0.2) is 24.8 Å². The molecule has 1 fully saturated rings. The maximum Gasteiger partial charge on any atom is 0.189 e. The Hall–Kier alpha value is -2.65. The summed E-state index contributed by atoms with van der Waals surface area (Å²) in [6.45, 7) is 5.79. The van der Waals surface area contributed by atoms with Crippen LogP contribution in [-0.2, 0) is 0 Å². The highest BCUT2D eigenvalue weighted by Crippen LogP contribution is 2.52. The Bertz CT molecular complexity index is 896. The van der Waals surface area contributed by atoms with Gasteiger partial charge in [-0.2, -0.15) is 15.8 Å². The molecule has 136 valence electrons. The molecule has 1 aliphatic carbocycles. The number of halogens is 1.